The van der Waals surface area contributed by atoms with E-state index in [2.05, 4.69) is 42.7 Å². The lowest BCUT2D eigenvalue weighted by Crippen LogP contribution is -2.59. The summed E-state index contributed by atoms with van der Waals surface area (Å²) in [7, 11) is 0. The summed E-state index contributed by atoms with van der Waals surface area (Å²) in [6, 6.07) is 5.01. The number of morpholine rings is 1. The molecule has 2 aliphatic heterocycles. The average molecular weight is 553 g/mol. The summed E-state index contributed by atoms with van der Waals surface area (Å²) in [5.41, 5.74) is -0.161. The lowest BCUT2D eigenvalue weighted by molar-refractivity contribution is -0.193. The molecule has 2 fully saturated rings. The van der Waals surface area contributed by atoms with Gasteiger partial charge in [0.15, 0.2) is 0 Å². The highest BCUT2D eigenvalue weighted by atomic mass is 32.1. The topological polar surface area (TPSA) is 99.5 Å². The standard InChI is InChI=1S/C17H28N2O2S.2C2HF3O2/c1-14(2)19-7-8-20-13-17(12-19)11-18(6-9-21-17)10-16-5-4-15(3)22-16;2*3-2(4,5)1(6)7/h4-5,14H,6-13H2,1-3H3;2*(H,6,7). The first-order valence-corrected chi connectivity index (χ1v) is 11.6. The van der Waals surface area contributed by atoms with Crippen LogP contribution >= 0.6 is 11.3 Å². The number of thiophene rings is 1. The van der Waals surface area contributed by atoms with Gasteiger partial charge in [0.05, 0.1) is 19.8 Å². The Labute approximate surface area is 208 Å². The molecular formula is C21H30F6N2O6S. The van der Waals surface area contributed by atoms with Crippen molar-refractivity contribution in [3.63, 3.8) is 0 Å². The van der Waals surface area contributed by atoms with E-state index in [1.165, 1.54) is 9.75 Å². The molecule has 0 saturated carbocycles. The molecule has 208 valence electrons. The fourth-order valence-corrected chi connectivity index (χ4v) is 4.34. The number of aliphatic carboxylic acids is 2. The van der Waals surface area contributed by atoms with E-state index in [1.807, 2.05) is 11.3 Å². The van der Waals surface area contributed by atoms with Crippen LogP contribution in [0, 0.1) is 6.92 Å². The van der Waals surface area contributed by atoms with Gasteiger partial charge in [0.25, 0.3) is 0 Å². The number of alkyl halides is 6. The lowest BCUT2D eigenvalue weighted by Gasteiger charge is -2.44. The van der Waals surface area contributed by atoms with Crippen molar-refractivity contribution < 1.29 is 55.6 Å². The van der Waals surface area contributed by atoms with Crippen LogP contribution in [-0.2, 0) is 25.6 Å². The quantitative estimate of drug-likeness (QED) is 0.549. The van der Waals surface area contributed by atoms with Crippen LogP contribution in [0.1, 0.15) is 23.6 Å². The molecule has 1 unspecified atom stereocenters. The van der Waals surface area contributed by atoms with E-state index < -0.39 is 24.3 Å². The maximum atomic E-state index is 10.6. The monoisotopic (exact) mass is 552 g/mol. The maximum absolute atomic E-state index is 10.6. The highest BCUT2D eigenvalue weighted by Gasteiger charge is 2.41. The van der Waals surface area contributed by atoms with Crippen molar-refractivity contribution in [1.29, 1.82) is 0 Å². The van der Waals surface area contributed by atoms with Crippen molar-refractivity contribution in [2.45, 2.75) is 51.3 Å². The zero-order valence-electron chi connectivity index (χ0n) is 20.0. The van der Waals surface area contributed by atoms with Gasteiger partial charge in [-0.1, -0.05) is 0 Å². The molecule has 8 nitrogen and oxygen atoms in total. The Morgan fingerprint density at radius 1 is 1.03 bits per heavy atom. The fraction of sp³-hybridized carbons (Fsp3) is 0.714. The number of carboxylic acid groups (broad SMARTS) is 2. The van der Waals surface area contributed by atoms with Gasteiger partial charge in [0, 0.05) is 48.5 Å². The summed E-state index contributed by atoms with van der Waals surface area (Å²) in [6.45, 7) is 14.0. The van der Waals surface area contributed by atoms with E-state index >= 15 is 0 Å². The van der Waals surface area contributed by atoms with E-state index in [-0.39, 0.29) is 5.60 Å². The minimum absolute atomic E-state index is 0.161. The number of aryl methyl sites for hydroxylation is 1. The van der Waals surface area contributed by atoms with Crippen LogP contribution < -0.4 is 0 Å². The van der Waals surface area contributed by atoms with Gasteiger partial charge in [-0.25, -0.2) is 9.59 Å². The van der Waals surface area contributed by atoms with Gasteiger partial charge in [-0.05, 0) is 32.9 Å². The summed E-state index contributed by atoms with van der Waals surface area (Å²) in [5.74, 6) is -5.51. The third kappa shape index (κ3) is 11.4. The van der Waals surface area contributed by atoms with Crippen molar-refractivity contribution in [2.75, 3.05) is 46.0 Å². The highest BCUT2D eigenvalue weighted by Crippen LogP contribution is 2.26. The second-order valence-electron chi connectivity index (χ2n) is 8.48. The van der Waals surface area contributed by atoms with Crippen molar-refractivity contribution in [3.05, 3.63) is 21.9 Å². The largest absolute Gasteiger partial charge is 0.490 e. The Morgan fingerprint density at radius 3 is 2.03 bits per heavy atom. The first-order valence-electron chi connectivity index (χ1n) is 10.8. The number of hydrogen-bond donors (Lipinski definition) is 2. The third-order valence-electron chi connectivity index (χ3n) is 5.10. The summed E-state index contributed by atoms with van der Waals surface area (Å²) < 4.78 is 75.6. The molecule has 36 heavy (non-hydrogen) atoms. The average Bonchev–Trinajstić information content (AvgIpc) is 3.03. The van der Waals surface area contributed by atoms with Crippen LogP contribution in [0.2, 0.25) is 0 Å². The van der Waals surface area contributed by atoms with Crippen LogP contribution in [0.5, 0.6) is 0 Å². The number of carbonyl (C=O) groups is 2. The summed E-state index contributed by atoms with van der Waals surface area (Å²) in [6.07, 6.45) is -10.2. The zero-order chi connectivity index (χ0) is 27.7. The molecule has 1 aromatic rings. The molecule has 0 bridgehead atoms. The molecule has 3 heterocycles. The molecule has 1 aromatic heterocycles. The Hall–Kier alpha value is -1.94. The number of nitrogens with zero attached hydrogens (tertiary/aromatic N) is 2. The molecular weight excluding hydrogens is 522 g/mol. The van der Waals surface area contributed by atoms with E-state index in [0.29, 0.717) is 6.04 Å². The van der Waals surface area contributed by atoms with E-state index in [4.69, 9.17) is 29.3 Å². The molecule has 0 amide bonds. The normalized spacial score (nSPS) is 21.7. The Kier molecular flexibility index (Phi) is 12.1. The van der Waals surface area contributed by atoms with Gasteiger partial charge < -0.3 is 19.7 Å². The lowest BCUT2D eigenvalue weighted by atomic mass is 10.0. The number of halogens is 6. The second kappa shape index (κ2) is 13.6. The minimum Gasteiger partial charge on any atom is -0.475 e. The van der Waals surface area contributed by atoms with E-state index in [1.54, 1.807) is 0 Å². The molecule has 1 spiro atoms. The van der Waals surface area contributed by atoms with Gasteiger partial charge >= 0.3 is 24.3 Å². The van der Waals surface area contributed by atoms with Gasteiger partial charge in [-0.2, -0.15) is 26.3 Å². The maximum Gasteiger partial charge on any atom is 0.490 e. The number of rotatable bonds is 3. The van der Waals surface area contributed by atoms with Crippen molar-refractivity contribution in [3.8, 4) is 0 Å². The van der Waals surface area contributed by atoms with Crippen LogP contribution in [0.3, 0.4) is 0 Å². The predicted molar refractivity (Wildman–Crippen MR) is 118 cm³/mol. The Morgan fingerprint density at radius 2 is 1.58 bits per heavy atom. The summed E-state index contributed by atoms with van der Waals surface area (Å²) >= 11 is 1.90. The number of ether oxygens (including phenoxy) is 2. The van der Waals surface area contributed by atoms with Gasteiger partial charge in [0.2, 0.25) is 0 Å². The predicted octanol–water partition coefficient (Wildman–Crippen LogP) is 3.63. The van der Waals surface area contributed by atoms with Crippen molar-refractivity contribution in [1.82, 2.24) is 9.80 Å². The Balaban J connectivity index is 0.000000383. The second-order valence-corrected chi connectivity index (χ2v) is 9.85. The zero-order valence-corrected chi connectivity index (χ0v) is 20.8. The van der Waals surface area contributed by atoms with E-state index in [9.17, 15) is 26.3 Å². The van der Waals surface area contributed by atoms with Crippen LogP contribution in [0.25, 0.3) is 0 Å². The van der Waals surface area contributed by atoms with Crippen molar-refractivity contribution >= 4 is 23.3 Å². The van der Waals surface area contributed by atoms with Crippen molar-refractivity contribution in [2.24, 2.45) is 0 Å². The van der Waals surface area contributed by atoms with Crippen LogP contribution in [0.4, 0.5) is 26.3 Å². The van der Waals surface area contributed by atoms with Crippen LogP contribution in [0.15, 0.2) is 12.1 Å². The van der Waals surface area contributed by atoms with E-state index in [0.717, 1.165) is 52.5 Å². The summed E-state index contributed by atoms with van der Waals surface area (Å²) in [5, 5.41) is 14.2. The third-order valence-corrected chi connectivity index (χ3v) is 6.08. The molecule has 2 aliphatic rings. The first-order chi connectivity index (χ1) is 16.4. The van der Waals surface area contributed by atoms with Gasteiger partial charge in [-0.3, -0.25) is 9.80 Å². The molecule has 0 radical (unpaired) electrons. The molecule has 2 saturated heterocycles. The first kappa shape index (κ1) is 32.1. The van der Waals surface area contributed by atoms with Crippen LogP contribution in [-0.4, -0.2) is 102 Å². The highest BCUT2D eigenvalue weighted by molar-refractivity contribution is 7.11. The molecule has 0 aromatic carbocycles. The Bertz CT molecular complexity index is 824. The minimum atomic E-state index is -5.08. The smallest absolute Gasteiger partial charge is 0.475 e. The molecule has 15 heteroatoms. The molecule has 0 aliphatic carbocycles. The fourth-order valence-electron chi connectivity index (χ4n) is 3.41. The molecule has 3 rings (SSSR count). The SMILES string of the molecule is Cc1ccc(CN2CCOC3(COCCN(C(C)C)C3)C2)s1.O=C(O)C(F)(F)F.O=C(O)C(F)(F)F. The van der Waals surface area contributed by atoms with Gasteiger partial charge in [0.1, 0.15) is 5.60 Å². The molecule has 2 N–H and O–H groups in total. The number of hydrogen-bond acceptors (Lipinski definition) is 7. The summed E-state index contributed by atoms with van der Waals surface area (Å²) in [4.78, 5) is 25.7. The number of carboxylic acids is 2. The molecule has 1 atom stereocenters. The van der Waals surface area contributed by atoms with Gasteiger partial charge in [-0.15, -0.1) is 11.3 Å².